The molecule has 1 N–H and O–H groups in total. The molecule has 1 amide bonds. The van der Waals surface area contributed by atoms with Crippen LogP contribution in [0.2, 0.25) is 0 Å². The number of aryl methyl sites for hydroxylation is 1. The van der Waals surface area contributed by atoms with E-state index in [2.05, 4.69) is 52.3 Å². The lowest BCUT2D eigenvalue weighted by molar-refractivity contribution is -0.118. The number of benzene rings is 2. The summed E-state index contributed by atoms with van der Waals surface area (Å²) in [5.74, 6) is 1.01. The van der Waals surface area contributed by atoms with Crippen LogP contribution < -0.4 is 15.6 Å². The number of hydrogen-bond acceptors (Lipinski definition) is 4. The quantitative estimate of drug-likeness (QED) is 0.452. The highest BCUT2D eigenvalue weighted by Crippen LogP contribution is 2.36. The first kappa shape index (κ1) is 22.6. The zero-order valence-electron chi connectivity index (χ0n) is 20.4. The van der Waals surface area contributed by atoms with E-state index in [1.54, 1.807) is 18.2 Å². The van der Waals surface area contributed by atoms with Crippen LogP contribution in [0.3, 0.4) is 0 Å². The first-order valence-electron chi connectivity index (χ1n) is 12.5. The number of amides is 1. The third-order valence-electron chi connectivity index (χ3n) is 7.44. The number of carbonyl (C=O) groups is 1. The molecule has 0 unspecified atom stereocenters. The molecule has 0 saturated carbocycles. The van der Waals surface area contributed by atoms with Gasteiger partial charge in [-0.3, -0.25) is 14.5 Å². The number of aromatic nitrogens is 2. The molecule has 2 bridgehead atoms. The monoisotopic (exact) mass is 482 g/mol. The number of nitrogens with one attached hydrogen (secondary N) is 1. The summed E-state index contributed by atoms with van der Waals surface area (Å²) in [5, 5.41) is 4.06. The topological polar surface area (TPSA) is 68.5 Å². The van der Waals surface area contributed by atoms with Crippen molar-refractivity contribution >= 4 is 22.5 Å². The molecule has 0 spiro atoms. The van der Waals surface area contributed by atoms with Gasteiger partial charge in [0.15, 0.2) is 6.61 Å². The van der Waals surface area contributed by atoms with Crippen LogP contribution in [0.25, 0.3) is 10.9 Å². The van der Waals surface area contributed by atoms with Crippen molar-refractivity contribution in [3.63, 3.8) is 0 Å². The van der Waals surface area contributed by atoms with Gasteiger partial charge in [0.25, 0.3) is 11.5 Å². The summed E-state index contributed by atoms with van der Waals surface area (Å²) in [5.41, 5.74) is 3.86. The SMILES string of the molecule is Cn1cc(CN2C[C@@H]3C[C@H](C2)c2ccc(NC(=O)COc4ccccc4)c(=O)n2C3)c2ccccc21. The van der Waals surface area contributed by atoms with Crippen LogP contribution in [0.1, 0.15) is 23.6 Å². The zero-order valence-corrected chi connectivity index (χ0v) is 20.4. The van der Waals surface area contributed by atoms with Crippen molar-refractivity contribution in [1.29, 1.82) is 0 Å². The first-order valence-corrected chi connectivity index (χ1v) is 12.5. The molecule has 2 atom stereocenters. The number of anilines is 1. The van der Waals surface area contributed by atoms with Gasteiger partial charge in [-0.05, 0) is 48.2 Å². The zero-order chi connectivity index (χ0) is 24.6. The summed E-state index contributed by atoms with van der Waals surface area (Å²) in [6.45, 7) is 3.34. The molecule has 2 aliphatic heterocycles. The molecule has 2 aliphatic rings. The molecule has 1 saturated heterocycles. The van der Waals surface area contributed by atoms with Crippen LogP contribution in [0.4, 0.5) is 5.69 Å². The minimum absolute atomic E-state index is 0.127. The molecule has 6 rings (SSSR count). The Labute approximate surface area is 209 Å². The van der Waals surface area contributed by atoms with Gasteiger partial charge in [-0.1, -0.05) is 36.4 Å². The van der Waals surface area contributed by atoms with Crippen molar-refractivity contribution in [3.8, 4) is 5.75 Å². The Hall–Kier alpha value is -3.84. The molecule has 36 heavy (non-hydrogen) atoms. The molecular weight excluding hydrogens is 452 g/mol. The summed E-state index contributed by atoms with van der Waals surface area (Å²) < 4.78 is 9.59. The third-order valence-corrected chi connectivity index (χ3v) is 7.44. The van der Waals surface area contributed by atoms with E-state index in [1.165, 1.54) is 16.5 Å². The number of likely N-dealkylation sites (tertiary alicyclic amines) is 1. The Kier molecular flexibility index (Phi) is 5.85. The number of carbonyl (C=O) groups excluding carboxylic acids is 1. The van der Waals surface area contributed by atoms with E-state index in [9.17, 15) is 9.59 Å². The maximum atomic E-state index is 13.3. The second kappa shape index (κ2) is 9.32. The fraction of sp³-hybridized carbons (Fsp3) is 0.310. The molecule has 0 aliphatic carbocycles. The molecule has 0 radical (unpaired) electrons. The van der Waals surface area contributed by atoms with Gasteiger partial charge in [0, 0.05) is 61.9 Å². The average molecular weight is 483 g/mol. The molecule has 2 aromatic carbocycles. The molecular formula is C29H30N4O3. The van der Waals surface area contributed by atoms with E-state index in [0.717, 1.165) is 31.7 Å². The van der Waals surface area contributed by atoms with Gasteiger partial charge in [-0.2, -0.15) is 0 Å². The summed E-state index contributed by atoms with van der Waals surface area (Å²) >= 11 is 0. The van der Waals surface area contributed by atoms with Gasteiger partial charge in [0.1, 0.15) is 11.4 Å². The Balaban J connectivity index is 1.16. The number of para-hydroxylation sites is 2. The van der Waals surface area contributed by atoms with Crippen LogP contribution in [0.5, 0.6) is 5.75 Å². The van der Waals surface area contributed by atoms with E-state index < -0.39 is 0 Å². The Morgan fingerprint density at radius 1 is 1.00 bits per heavy atom. The average Bonchev–Trinajstić information content (AvgIpc) is 3.20. The molecule has 7 nitrogen and oxygen atoms in total. The predicted octanol–water partition coefficient (Wildman–Crippen LogP) is 3.98. The van der Waals surface area contributed by atoms with Crippen LogP contribution in [0, 0.1) is 5.92 Å². The number of hydrogen-bond donors (Lipinski definition) is 1. The van der Waals surface area contributed by atoms with Crippen LogP contribution in [0.15, 0.2) is 77.7 Å². The Bertz CT molecular complexity index is 1470. The van der Waals surface area contributed by atoms with Gasteiger partial charge in [0.05, 0.1) is 0 Å². The lowest BCUT2D eigenvalue weighted by Gasteiger charge is -2.43. The molecule has 2 aromatic heterocycles. The summed E-state index contributed by atoms with van der Waals surface area (Å²) in [6, 6.07) is 21.5. The summed E-state index contributed by atoms with van der Waals surface area (Å²) in [7, 11) is 2.10. The van der Waals surface area contributed by atoms with Crippen LogP contribution in [-0.2, 0) is 24.9 Å². The standard InChI is InChI=1S/C29H30N4O3/c1-31-16-22(24-9-5-6-10-27(24)31)18-32-14-20-13-21(17-32)26-12-11-25(29(35)33(26)15-20)30-28(34)19-36-23-7-3-2-4-8-23/h2-12,16,20-21H,13-15,17-19H2,1H3,(H,30,34)/t20-,21+/m0/s1. The highest BCUT2D eigenvalue weighted by Gasteiger charge is 2.35. The minimum atomic E-state index is -0.339. The number of pyridine rings is 1. The van der Waals surface area contributed by atoms with Gasteiger partial charge in [-0.15, -0.1) is 0 Å². The fourth-order valence-corrected chi connectivity index (χ4v) is 5.91. The number of rotatable bonds is 6. The molecule has 7 heteroatoms. The van der Waals surface area contributed by atoms with Crippen LogP contribution >= 0.6 is 0 Å². The highest BCUT2D eigenvalue weighted by atomic mass is 16.5. The number of piperidine rings is 1. The van der Waals surface area contributed by atoms with E-state index in [-0.39, 0.29) is 18.1 Å². The van der Waals surface area contributed by atoms with Gasteiger partial charge in [0.2, 0.25) is 0 Å². The normalized spacial score (nSPS) is 19.1. The number of ether oxygens (including phenoxy) is 1. The van der Waals surface area contributed by atoms with E-state index in [4.69, 9.17) is 4.74 Å². The van der Waals surface area contributed by atoms with Crippen molar-refractivity contribution in [2.45, 2.75) is 25.4 Å². The second-order valence-corrected chi connectivity index (χ2v) is 10.0. The number of fused-ring (bicyclic) bond motifs is 5. The largest absolute Gasteiger partial charge is 0.484 e. The third kappa shape index (κ3) is 4.31. The highest BCUT2D eigenvalue weighted by molar-refractivity contribution is 5.91. The maximum absolute atomic E-state index is 13.3. The smallest absolute Gasteiger partial charge is 0.274 e. The van der Waals surface area contributed by atoms with Crippen molar-refractivity contribution in [1.82, 2.24) is 14.0 Å². The molecule has 1 fully saturated rings. The molecule has 184 valence electrons. The first-order chi connectivity index (χ1) is 17.5. The summed E-state index contributed by atoms with van der Waals surface area (Å²) in [6.07, 6.45) is 3.34. The minimum Gasteiger partial charge on any atom is -0.484 e. The lowest BCUT2D eigenvalue weighted by atomic mass is 9.83. The van der Waals surface area contributed by atoms with Crippen molar-refractivity contribution < 1.29 is 9.53 Å². The Morgan fingerprint density at radius 3 is 2.67 bits per heavy atom. The van der Waals surface area contributed by atoms with Crippen LogP contribution in [-0.4, -0.2) is 39.6 Å². The van der Waals surface area contributed by atoms with Crippen molar-refractivity contribution in [2.24, 2.45) is 13.0 Å². The predicted molar refractivity (Wildman–Crippen MR) is 140 cm³/mol. The lowest BCUT2D eigenvalue weighted by Crippen LogP contribution is -2.47. The second-order valence-electron chi connectivity index (χ2n) is 10.0. The summed E-state index contributed by atoms with van der Waals surface area (Å²) in [4.78, 5) is 28.2. The van der Waals surface area contributed by atoms with E-state index in [1.807, 2.05) is 28.8 Å². The van der Waals surface area contributed by atoms with Gasteiger partial charge >= 0.3 is 0 Å². The Morgan fingerprint density at radius 2 is 1.81 bits per heavy atom. The fourth-order valence-electron chi connectivity index (χ4n) is 5.91. The van der Waals surface area contributed by atoms with Crippen molar-refractivity contribution in [3.05, 3.63) is 94.5 Å². The van der Waals surface area contributed by atoms with Gasteiger partial charge in [-0.25, -0.2) is 0 Å². The van der Waals surface area contributed by atoms with Crippen molar-refractivity contribution in [2.75, 3.05) is 25.0 Å². The van der Waals surface area contributed by atoms with E-state index >= 15 is 0 Å². The van der Waals surface area contributed by atoms with Gasteiger partial charge < -0.3 is 19.2 Å². The van der Waals surface area contributed by atoms with E-state index in [0.29, 0.717) is 29.8 Å². The number of nitrogens with zero attached hydrogens (tertiary/aromatic N) is 3. The molecule has 4 heterocycles. The maximum Gasteiger partial charge on any atom is 0.274 e. The molecule has 4 aromatic rings.